The van der Waals surface area contributed by atoms with Gasteiger partial charge in [0.25, 0.3) is 0 Å². The normalized spacial score (nSPS) is 12.9. The third-order valence-corrected chi connectivity index (χ3v) is 6.77. The molecule has 0 saturated heterocycles. The second-order valence-corrected chi connectivity index (χ2v) is 8.48. The molecular weight excluding hydrogens is 402 g/mol. The fourth-order valence-corrected chi connectivity index (χ4v) is 5.16. The summed E-state index contributed by atoms with van der Waals surface area (Å²) in [6.07, 6.45) is 7.96. The van der Waals surface area contributed by atoms with Gasteiger partial charge in [0.2, 0.25) is 0 Å². The van der Waals surface area contributed by atoms with Crippen LogP contribution in [0.15, 0.2) is 61.2 Å². The van der Waals surface area contributed by atoms with Gasteiger partial charge in [-0.1, -0.05) is 12.1 Å². The van der Waals surface area contributed by atoms with E-state index in [0.717, 1.165) is 41.0 Å². The molecule has 2 aromatic heterocycles. The molecule has 3 nitrogen and oxygen atoms in total. The van der Waals surface area contributed by atoms with Crippen molar-refractivity contribution < 1.29 is 13.6 Å². The number of rotatable bonds is 4. The fourth-order valence-electron chi connectivity index (χ4n) is 3.96. The number of carbonyl (C=O) groups is 1. The van der Waals surface area contributed by atoms with E-state index in [4.69, 9.17) is 0 Å². The Balaban J connectivity index is 1.53. The monoisotopic (exact) mass is 420 g/mol. The van der Waals surface area contributed by atoms with Gasteiger partial charge in [-0.2, -0.15) is 0 Å². The van der Waals surface area contributed by atoms with E-state index in [0.29, 0.717) is 4.88 Å². The smallest absolute Gasteiger partial charge is 0.177 e. The third-order valence-electron chi connectivity index (χ3n) is 5.52. The van der Waals surface area contributed by atoms with Gasteiger partial charge < -0.3 is 4.57 Å². The second kappa shape index (κ2) is 7.61. The molecule has 2 aromatic carbocycles. The molecule has 0 bridgehead atoms. The Bertz CT molecular complexity index is 1220. The van der Waals surface area contributed by atoms with Crippen molar-refractivity contribution in [2.45, 2.75) is 25.7 Å². The van der Waals surface area contributed by atoms with E-state index in [1.54, 1.807) is 12.5 Å². The van der Waals surface area contributed by atoms with Crippen molar-refractivity contribution in [3.8, 4) is 16.1 Å². The first-order chi connectivity index (χ1) is 14.6. The van der Waals surface area contributed by atoms with Crippen molar-refractivity contribution in [3.05, 3.63) is 94.4 Å². The van der Waals surface area contributed by atoms with Crippen LogP contribution in [0, 0.1) is 11.6 Å². The van der Waals surface area contributed by atoms with Crippen LogP contribution < -0.4 is 0 Å². The molecule has 4 aromatic rings. The molecule has 0 N–H and O–H groups in total. The van der Waals surface area contributed by atoms with Gasteiger partial charge in [-0.25, -0.2) is 13.8 Å². The molecule has 150 valence electrons. The molecule has 0 aliphatic heterocycles. The number of halogens is 2. The predicted octanol–water partition coefficient (Wildman–Crippen LogP) is 5.79. The average molecular weight is 420 g/mol. The van der Waals surface area contributed by atoms with Crippen LogP contribution in [0.5, 0.6) is 0 Å². The Kier molecular flexibility index (Phi) is 4.79. The molecule has 5 rings (SSSR count). The summed E-state index contributed by atoms with van der Waals surface area (Å²) in [7, 11) is 0. The van der Waals surface area contributed by atoms with Gasteiger partial charge in [0, 0.05) is 34.9 Å². The van der Waals surface area contributed by atoms with Gasteiger partial charge in [-0.15, -0.1) is 11.3 Å². The van der Waals surface area contributed by atoms with Crippen LogP contribution in [0.25, 0.3) is 16.1 Å². The zero-order valence-electron chi connectivity index (χ0n) is 16.1. The lowest BCUT2D eigenvalue weighted by Gasteiger charge is -2.10. The van der Waals surface area contributed by atoms with Crippen LogP contribution in [0.1, 0.15) is 32.8 Å². The van der Waals surface area contributed by atoms with Crippen molar-refractivity contribution in [1.29, 1.82) is 0 Å². The van der Waals surface area contributed by atoms with Gasteiger partial charge in [-0.3, -0.25) is 4.79 Å². The van der Waals surface area contributed by atoms with Gasteiger partial charge in [0.15, 0.2) is 5.78 Å². The highest BCUT2D eigenvalue weighted by Gasteiger charge is 2.22. The minimum Gasteiger partial charge on any atom is -0.306 e. The van der Waals surface area contributed by atoms with E-state index in [-0.39, 0.29) is 17.8 Å². The first-order valence-electron chi connectivity index (χ1n) is 9.80. The number of thiophene rings is 1. The number of aromatic nitrogens is 2. The minimum atomic E-state index is -0.684. The van der Waals surface area contributed by atoms with E-state index in [2.05, 4.69) is 23.2 Å². The van der Waals surface area contributed by atoms with Crippen molar-refractivity contribution in [1.82, 2.24) is 9.55 Å². The fraction of sp³-hybridized carbons (Fsp3) is 0.167. The van der Waals surface area contributed by atoms with Gasteiger partial charge in [0.05, 0.1) is 11.2 Å². The van der Waals surface area contributed by atoms with Crippen LogP contribution in [0.4, 0.5) is 8.78 Å². The molecule has 0 atom stereocenters. The topological polar surface area (TPSA) is 34.9 Å². The van der Waals surface area contributed by atoms with Crippen LogP contribution in [-0.4, -0.2) is 15.3 Å². The molecule has 0 fully saturated rings. The lowest BCUT2D eigenvalue weighted by molar-refractivity contribution is 0.0994. The lowest BCUT2D eigenvalue weighted by Crippen LogP contribution is -2.05. The van der Waals surface area contributed by atoms with Crippen LogP contribution in [0.3, 0.4) is 0 Å². The van der Waals surface area contributed by atoms with E-state index in [9.17, 15) is 13.6 Å². The molecular formula is C24H18F2N2OS. The summed E-state index contributed by atoms with van der Waals surface area (Å²) >= 11 is 1.42. The molecule has 0 spiro atoms. The summed E-state index contributed by atoms with van der Waals surface area (Å²) in [4.78, 5) is 18.6. The van der Waals surface area contributed by atoms with E-state index >= 15 is 0 Å². The number of fused-ring (bicyclic) bond motifs is 3. The van der Waals surface area contributed by atoms with E-state index in [1.807, 2.05) is 16.8 Å². The molecule has 0 unspecified atom stereocenters. The summed E-state index contributed by atoms with van der Waals surface area (Å²) in [5.74, 6) is -1.63. The molecule has 0 saturated carbocycles. The summed E-state index contributed by atoms with van der Waals surface area (Å²) in [5, 5.41) is 0. The highest BCUT2D eigenvalue weighted by Crippen LogP contribution is 2.40. The second-order valence-electron chi connectivity index (χ2n) is 7.43. The summed E-state index contributed by atoms with van der Waals surface area (Å²) in [6.45, 7) is 0. The Hall–Kier alpha value is -3.12. The Labute approximate surface area is 176 Å². The van der Waals surface area contributed by atoms with E-state index < -0.39 is 11.6 Å². The molecule has 6 heteroatoms. The van der Waals surface area contributed by atoms with Gasteiger partial charge in [-0.05, 0) is 66.3 Å². The Morgan fingerprint density at radius 2 is 1.87 bits per heavy atom. The van der Waals surface area contributed by atoms with Gasteiger partial charge in [0.1, 0.15) is 11.6 Å². The number of ketones is 1. The van der Waals surface area contributed by atoms with Crippen LogP contribution in [-0.2, 0) is 19.3 Å². The summed E-state index contributed by atoms with van der Waals surface area (Å²) in [6, 6.07) is 11.9. The maximum absolute atomic E-state index is 14.0. The minimum absolute atomic E-state index is 0.172. The molecule has 1 aliphatic rings. The lowest BCUT2D eigenvalue weighted by atomic mass is 10.0. The maximum Gasteiger partial charge on any atom is 0.177 e. The number of benzene rings is 2. The zero-order chi connectivity index (χ0) is 20.7. The first kappa shape index (κ1) is 18.9. The molecule has 30 heavy (non-hydrogen) atoms. The van der Waals surface area contributed by atoms with Crippen molar-refractivity contribution >= 4 is 17.1 Å². The average Bonchev–Trinajstić information content (AvgIpc) is 3.39. The predicted molar refractivity (Wildman–Crippen MR) is 113 cm³/mol. The standard InChI is InChI=1S/C24H18F2N2OS/c25-20-5-2-6-21(26)19(20)13-22(29)23-11-16-4-1-3-15-7-8-17(28-10-9-27-14-28)12-18(15)24(16)30-23/h2,5-12,14H,1,3-4,13H2. The van der Waals surface area contributed by atoms with Crippen molar-refractivity contribution in [2.24, 2.45) is 0 Å². The Morgan fingerprint density at radius 3 is 2.63 bits per heavy atom. The molecule has 2 heterocycles. The summed E-state index contributed by atoms with van der Waals surface area (Å²) in [5.41, 5.74) is 4.33. The number of hydrogen-bond donors (Lipinski definition) is 0. The number of Topliss-reactive ketones (excluding diaryl/α,β-unsaturated/α-hetero) is 1. The Morgan fingerprint density at radius 1 is 1.07 bits per heavy atom. The highest BCUT2D eigenvalue weighted by atomic mass is 32.1. The number of nitrogens with zero attached hydrogens (tertiary/aromatic N) is 2. The highest BCUT2D eigenvalue weighted by molar-refractivity contribution is 7.17. The summed E-state index contributed by atoms with van der Waals surface area (Å²) < 4.78 is 29.9. The van der Waals surface area contributed by atoms with Crippen LogP contribution in [0.2, 0.25) is 0 Å². The number of imidazole rings is 1. The maximum atomic E-state index is 14.0. The SMILES string of the molecule is O=C(Cc1c(F)cccc1F)c1cc2c(s1)-c1cc(-n3ccnc3)ccc1CCC2. The third kappa shape index (κ3) is 3.37. The molecule has 0 amide bonds. The number of carbonyl (C=O) groups excluding carboxylic acids is 1. The largest absolute Gasteiger partial charge is 0.306 e. The van der Waals surface area contributed by atoms with E-state index in [1.165, 1.54) is 35.1 Å². The number of aryl methyl sites for hydroxylation is 2. The molecule has 0 radical (unpaired) electrons. The van der Waals surface area contributed by atoms with Crippen molar-refractivity contribution in [2.75, 3.05) is 0 Å². The number of hydrogen-bond acceptors (Lipinski definition) is 3. The van der Waals surface area contributed by atoms with Gasteiger partial charge >= 0.3 is 0 Å². The zero-order valence-corrected chi connectivity index (χ0v) is 16.9. The van der Waals surface area contributed by atoms with Crippen molar-refractivity contribution in [3.63, 3.8) is 0 Å². The quantitative estimate of drug-likeness (QED) is 0.392. The first-order valence-corrected chi connectivity index (χ1v) is 10.6. The molecule has 1 aliphatic carbocycles. The van der Waals surface area contributed by atoms with Crippen LogP contribution >= 0.6 is 11.3 Å².